The van der Waals surface area contributed by atoms with Gasteiger partial charge >= 0.3 is 0 Å². The first kappa shape index (κ1) is 7.17. The highest BCUT2D eigenvalue weighted by molar-refractivity contribution is 5.70. The zero-order valence-corrected chi connectivity index (χ0v) is 4.55. The van der Waals surface area contributed by atoms with E-state index in [-0.39, 0.29) is 6.61 Å². The van der Waals surface area contributed by atoms with Crippen LogP contribution in [-0.4, -0.2) is 24.5 Å². The number of carbonyl (C=O) groups is 1. The summed E-state index contributed by atoms with van der Waals surface area (Å²) in [7, 11) is 0. The van der Waals surface area contributed by atoms with Gasteiger partial charge in [-0.2, -0.15) is 0 Å². The van der Waals surface area contributed by atoms with Crippen LogP contribution in [0, 0.1) is 0 Å². The fourth-order valence-corrected chi connectivity index (χ4v) is 0.258. The van der Waals surface area contributed by atoms with Crippen molar-refractivity contribution in [2.24, 2.45) is 0 Å². The predicted octanol–water partition coefficient (Wildman–Crippen LogP) is -0.719. The molecule has 0 aromatic heterocycles. The molecule has 0 heterocycles. The van der Waals surface area contributed by atoms with Crippen LogP contribution >= 0.6 is 0 Å². The molecule has 0 radical (unpaired) electrons. The van der Waals surface area contributed by atoms with Gasteiger partial charge in [0.1, 0.15) is 0 Å². The topological polar surface area (TPSA) is 49.3 Å². The first-order chi connectivity index (χ1) is 3.81. The van der Waals surface area contributed by atoms with Crippen molar-refractivity contribution >= 4 is 6.29 Å². The molecule has 3 heteroatoms. The summed E-state index contributed by atoms with van der Waals surface area (Å²) >= 11 is 0. The van der Waals surface area contributed by atoms with E-state index in [4.69, 9.17) is 5.11 Å². The van der Waals surface area contributed by atoms with Crippen LogP contribution in [0.3, 0.4) is 0 Å². The lowest BCUT2D eigenvalue weighted by Crippen LogP contribution is -2.17. The van der Waals surface area contributed by atoms with Crippen molar-refractivity contribution in [1.29, 1.82) is 0 Å². The number of nitrogens with one attached hydrogen (secondary N) is 1. The maximum atomic E-state index is 9.77. The Balaban J connectivity index is 3.11. The molecule has 0 aromatic rings. The smallest absolute Gasteiger partial charge is 0.165 e. The Labute approximate surface area is 48.0 Å². The summed E-state index contributed by atoms with van der Waals surface area (Å²) in [5.74, 6) is 0. The van der Waals surface area contributed by atoms with E-state index < -0.39 is 0 Å². The quantitative estimate of drug-likeness (QED) is 0.375. The van der Waals surface area contributed by atoms with Gasteiger partial charge in [0.15, 0.2) is 6.29 Å². The summed E-state index contributed by atoms with van der Waals surface area (Å²) in [6.07, 6.45) is 0.607. The molecule has 0 bridgehead atoms. The number of aliphatic hydroxyl groups is 1. The molecular weight excluding hydrogens is 106 g/mol. The van der Waals surface area contributed by atoms with Gasteiger partial charge in [-0.25, -0.2) is 0 Å². The van der Waals surface area contributed by atoms with Crippen LogP contribution in [-0.2, 0) is 4.79 Å². The molecular formula is C5H9NO2. The fourth-order valence-electron chi connectivity index (χ4n) is 0.258. The largest absolute Gasteiger partial charge is 0.395 e. The Morgan fingerprint density at radius 3 is 2.88 bits per heavy atom. The lowest BCUT2D eigenvalue weighted by Gasteiger charge is -1.97. The molecule has 0 aliphatic carbocycles. The second-order valence-electron chi connectivity index (χ2n) is 1.29. The Bertz CT molecular complexity index is 90.4. The van der Waals surface area contributed by atoms with Gasteiger partial charge < -0.3 is 10.4 Å². The summed E-state index contributed by atoms with van der Waals surface area (Å²) in [6.45, 7) is 3.73. The molecule has 0 saturated heterocycles. The second-order valence-corrected chi connectivity index (χ2v) is 1.29. The average molecular weight is 115 g/mol. The van der Waals surface area contributed by atoms with E-state index in [1.807, 2.05) is 0 Å². The Morgan fingerprint density at radius 1 is 1.88 bits per heavy atom. The van der Waals surface area contributed by atoms with E-state index in [2.05, 4.69) is 11.9 Å². The standard InChI is InChI=1S/C5H9NO2/c1-5(4-8)6-2-3-7/h4,6-7H,1-3H2. The third-order valence-corrected chi connectivity index (χ3v) is 0.606. The minimum Gasteiger partial charge on any atom is -0.395 e. The lowest BCUT2D eigenvalue weighted by atomic mass is 10.5. The molecule has 0 spiro atoms. The van der Waals surface area contributed by atoms with Gasteiger partial charge in [0.2, 0.25) is 0 Å². The van der Waals surface area contributed by atoms with Crippen LogP contribution in [0.2, 0.25) is 0 Å². The first-order valence-corrected chi connectivity index (χ1v) is 2.30. The molecule has 46 valence electrons. The van der Waals surface area contributed by atoms with E-state index >= 15 is 0 Å². The summed E-state index contributed by atoms with van der Waals surface area (Å²) in [5, 5.41) is 10.8. The highest BCUT2D eigenvalue weighted by atomic mass is 16.3. The molecule has 0 rings (SSSR count). The SMILES string of the molecule is C=C(C=O)NCCO. The Hall–Kier alpha value is -0.830. The van der Waals surface area contributed by atoms with Crippen LogP contribution in [0.15, 0.2) is 12.3 Å². The number of rotatable bonds is 4. The van der Waals surface area contributed by atoms with E-state index in [1.54, 1.807) is 0 Å². The fraction of sp³-hybridized carbons (Fsp3) is 0.400. The Morgan fingerprint density at radius 2 is 2.50 bits per heavy atom. The van der Waals surface area contributed by atoms with Crippen LogP contribution in [0.1, 0.15) is 0 Å². The van der Waals surface area contributed by atoms with Gasteiger partial charge in [-0.05, 0) is 0 Å². The normalized spacial score (nSPS) is 8.12. The molecule has 0 aliphatic rings. The van der Waals surface area contributed by atoms with Crippen molar-refractivity contribution in [3.63, 3.8) is 0 Å². The third kappa shape index (κ3) is 3.36. The highest BCUT2D eigenvalue weighted by Gasteiger charge is 1.83. The molecule has 0 fully saturated rings. The van der Waals surface area contributed by atoms with Crippen molar-refractivity contribution in [1.82, 2.24) is 5.32 Å². The van der Waals surface area contributed by atoms with Gasteiger partial charge in [0.25, 0.3) is 0 Å². The summed E-state index contributed by atoms with van der Waals surface area (Å²) < 4.78 is 0. The molecule has 0 amide bonds. The second kappa shape index (κ2) is 4.33. The number of hydrogen-bond donors (Lipinski definition) is 2. The van der Waals surface area contributed by atoms with Gasteiger partial charge in [-0.15, -0.1) is 0 Å². The van der Waals surface area contributed by atoms with Crippen molar-refractivity contribution in [3.8, 4) is 0 Å². The van der Waals surface area contributed by atoms with Crippen molar-refractivity contribution in [2.75, 3.05) is 13.2 Å². The molecule has 0 aromatic carbocycles. The zero-order chi connectivity index (χ0) is 6.41. The maximum Gasteiger partial charge on any atom is 0.165 e. The number of hydrogen-bond acceptors (Lipinski definition) is 3. The van der Waals surface area contributed by atoms with Crippen LogP contribution < -0.4 is 5.32 Å². The first-order valence-electron chi connectivity index (χ1n) is 2.30. The minimum atomic E-state index is 0.0207. The predicted molar refractivity (Wildman–Crippen MR) is 30.3 cm³/mol. The minimum absolute atomic E-state index is 0.0207. The third-order valence-electron chi connectivity index (χ3n) is 0.606. The van der Waals surface area contributed by atoms with Gasteiger partial charge in [-0.1, -0.05) is 6.58 Å². The zero-order valence-electron chi connectivity index (χ0n) is 4.55. The molecule has 0 saturated carbocycles. The number of allylic oxidation sites excluding steroid dienone is 1. The summed E-state index contributed by atoms with van der Waals surface area (Å²) in [6, 6.07) is 0. The van der Waals surface area contributed by atoms with Gasteiger partial charge in [-0.3, -0.25) is 4.79 Å². The average Bonchev–Trinajstić information content (AvgIpc) is 1.83. The molecule has 0 atom stereocenters. The van der Waals surface area contributed by atoms with Crippen LogP contribution in [0.5, 0.6) is 0 Å². The maximum absolute atomic E-state index is 9.77. The number of aliphatic hydroxyl groups excluding tert-OH is 1. The van der Waals surface area contributed by atoms with E-state index in [9.17, 15) is 4.79 Å². The number of carbonyl (C=O) groups excluding carboxylic acids is 1. The van der Waals surface area contributed by atoms with Crippen molar-refractivity contribution in [3.05, 3.63) is 12.3 Å². The lowest BCUT2D eigenvalue weighted by molar-refractivity contribution is -0.105. The highest BCUT2D eigenvalue weighted by Crippen LogP contribution is 1.70. The van der Waals surface area contributed by atoms with E-state index in [0.717, 1.165) is 0 Å². The molecule has 0 unspecified atom stereocenters. The number of aldehydes is 1. The van der Waals surface area contributed by atoms with Gasteiger partial charge in [0, 0.05) is 6.54 Å². The van der Waals surface area contributed by atoms with Crippen molar-refractivity contribution in [2.45, 2.75) is 0 Å². The molecule has 2 N–H and O–H groups in total. The molecule has 0 aliphatic heterocycles. The van der Waals surface area contributed by atoms with Crippen LogP contribution in [0.4, 0.5) is 0 Å². The van der Waals surface area contributed by atoms with E-state index in [0.29, 0.717) is 18.5 Å². The van der Waals surface area contributed by atoms with Crippen LogP contribution in [0.25, 0.3) is 0 Å². The Kier molecular flexibility index (Phi) is 3.88. The van der Waals surface area contributed by atoms with E-state index in [1.165, 1.54) is 0 Å². The monoisotopic (exact) mass is 115 g/mol. The summed E-state index contributed by atoms with van der Waals surface area (Å²) in [4.78, 5) is 9.77. The molecule has 3 nitrogen and oxygen atoms in total. The summed E-state index contributed by atoms with van der Waals surface area (Å²) in [5.41, 5.74) is 0.305. The van der Waals surface area contributed by atoms with Crippen molar-refractivity contribution < 1.29 is 9.90 Å². The molecule has 8 heavy (non-hydrogen) atoms. The van der Waals surface area contributed by atoms with Gasteiger partial charge in [0.05, 0.1) is 12.3 Å².